The third-order valence-electron chi connectivity index (χ3n) is 1.93. The van der Waals surface area contributed by atoms with E-state index >= 15 is 0 Å². The number of hydrogen-bond donors (Lipinski definition) is 2. The zero-order chi connectivity index (χ0) is 9.41. The topological polar surface area (TPSA) is 49.3 Å². The predicted octanol–water partition coefficient (Wildman–Crippen LogP) is 0.932. The fourth-order valence-corrected chi connectivity index (χ4v) is 2.54. The molecule has 1 fully saturated rings. The van der Waals surface area contributed by atoms with E-state index < -0.39 is 11.0 Å². The molecule has 0 bridgehead atoms. The molecule has 2 N–H and O–H groups in total. The Kier molecular flexibility index (Phi) is 2.40. The molecule has 1 rings (SSSR count). The molecule has 0 aromatic heterocycles. The minimum atomic E-state index is -0.767. The van der Waals surface area contributed by atoms with Crippen LogP contribution in [0.5, 0.6) is 0 Å². The summed E-state index contributed by atoms with van der Waals surface area (Å²) >= 11 is 1.42. The summed E-state index contributed by atoms with van der Waals surface area (Å²) in [4.78, 5) is 11.3. The average Bonchev–Trinajstić information content (AvgIpc) is 2.08. The quantitative estimate of drug-likeness (QED) is 0.635. The highest BCUT2D eigenvalue weighted by molar-refractivity contribution is 7.98. The first kappa shape index (κ1) is 9.86. The highest BCUT2D eigenvalue weighted by Gasteiger charge is 2.42. The number of amides is 1. The molecule has 0 aliphatic carbocycles. The number of carbonyl (C=O) groups excluding carboxylic acids is 1. The van der Waals surface area contributed by atoms with E-state index in [1.165, 1.54) is 11.9 Å². The Balaban J connectivity index is 2.66. The molecule has 1 aliphatic heterocycles. The lowest BCUT2D eigenvalue weighted by molar-refractivity contribution is -0.128. The van der Waals surface area contributed by atoms with Crippen molar-refractivity contribution in [3.8, 4) is 0 Å². The van der Waals surface area contributed by atoms with Gasteiger partial charge in [0.05, 0.1) is 11.0 Å². The van der Waals surface area contributed by atoms with Crippen molar-refractivity contribution < 1.29 is 9.90 Å². The van der Waals surface area contributed by atoms with E-state index in [4.69, 9.17) is 0 Å². The fraction of sp³-hybridized carbons (Fsp3) is 0.875. The van der Waals surface area contributed by atoms with Crippen molar-refractivity contribution in [2.24, 2.45) is 5.41 Å². The first-order chi connectivity index (χ1) is 5.33. The van der Waals surface area contributed by atoms with Crippen molar-refractivity contribution in [3.05, 3.63) is 0 Å². The molecule has 0 saturated carbocycles. The van der Waals surface area contributed by atoms with Gasteiger partial charge in [0.25, 0.3) is 0 Å². The van der Waals surface area contributed by atoms with Crippen LogP contribution < -0.4 is 4.72 Å². The summed E-state index contributed by atoms with van der Waals surface area (Å²) in [6, 6.07) is 0. The van der Waals surface area contributed by atoms with Crippen molar-refractivity contribution >= 4 is 17.9 Å². The number of nitrogens with one attached hydrogen (secondary N) is 1. The van der Waals surface area contributed by atoms with Crippen LogP contribution in [0.25, 0.3) is 0 Å². The first-order valence-corrected chi connectivity index (χ1v) is 4.97. The predicted molar refractivity (Wildman–Crippen MR) is 49.6 cm³/mol. The third-order valence-corrected chi connectivity index (χ3v) is 3.04. The van der Waals surface area contributed by atoms with Crippen LogP contribution in [-0.4, -0.2) is 22.4 Å². The molecule has 4 heteroatoms. The van der Waals surface area contributed by atoms with Crippen LogP contribution in [0, 0.1) is 5.41 Å². The van der Waals surface area contributed by atoms with Crippen molar-refractivity contribution in [1.82, 2.24) is 4.72 Å². The maximum absolute atomic E-state index is 11.3. The molecule has 12 heavy (non-hydrogen) atoms. The molecule has 1 heterocycles. The van der Waals surface area contributed by atoms with Crippen LogP contribution in [0.1, 0.15) is 27.2 Å². The Morgan fingerprint density at radius 1 is 1.75 bits per heavy atom. The Bertz CT molecular complexity index is 200. The van der Waals surface area contributed by atoms with E-state index in [9.17, 15) is 9.90 Å². The minimum absolute atomic E-state index is 0.0367. The molecule has 1 atom stereocenters. The van der Waals surface area contributed by atoms with Gasteiger partial charge in [-0.15, -0.1) is 0 Å². The Labute approximate surface area is 77.1 Å². The van der Waals surface area contributed by atoms with Gasteiger partial charge in [-0.05, 0) is 39.1 Å². The Morgan fingerprint density at radius 2 is 2.33 bits per heavy atom. The van der Waals surface area contributed by atoms with E-state index in [1.54, 1.807) is 13.8 Å². The lowest BCUT2D eigenvalue weighted by Crippen LogP contribution is -2.37. The summed E-state index contributed by atoms with van der Waals surface area (Å²) in [6.45, 7) is 5.35. The summed E-state index contributed by atoms with van der Waals surface area (Å²) in [5.74, 6) is 0.783. The highest BCUT2D eigenvalue weighted by Crippen LogP contribution is 2.36. The second-order valence-corrected chi connectivity index (χ2v) is 5.05. The van der Waals surface area contributed by atoms with Gasteiger partial charge in [-0.2, -0.15) is 0 Å². The molecular weight excluding hydrogens is 174 g/mol. The second-order valence-electron chi connectivity index (χ2n) is 4.27. The zero-order valence-electron chi connectivity index (χ0n) is 7.68. The summed E-state index contributed by atoms with van der Waals surface area (Å²) in [7, 11) is 0. The van der Waals surface area contributed by atoms with E-state index in [1.807, 2.05) is 6.92 Å². The normalized spacial score (nSPS) is 30.5. The van der Waals surface area contributed by atoms with Gasteiger partial charge in [-0.1, -0.05) is 0 Å². The summed E-state index contributed by atoms with van der Waals surface area (Å²) in [5, 5.41) is 9.57. The lowest BCUT2D eigenvalue weighted by atomic mass is 9.81. The van der Waals surface area contributed by atoms with Crippen LogP contribution in [0.3, 0.4) is 0 Å². The van der Waals surface area contributed by atoms with Crippen LogP contribution in [0.2, 0.25) is 0 Å². The van der Waals surface area contributed by atoms with Crippen molar-refractivity contribution in [2.45, 2.75) is 32.8 Å². The molecule has 70 valence electrons. The molecular formula is C8H15NO2S. The lowest BCUT2D eigenvalue weighted by Gasteiger charge is -2.27. The summed E-state index contributed by atoms with van der Waals surface area (Å²) in [6.07, 6.45) is 0.513. The number of hydrogen-bond acceptors (Lipinski definition) is 3. The molecule has 1 aliphatic rings. The Hall–Kier alpha value is -0.220. The van der Waals surface area contributed by atoms with Crippen LogP contribution >= 0.6 is 11.9 Å². The molecule has 0 spiro atoms. The van der Waals surface area contributed by atoms with Gasteiger partial charge in [-0.25, -0.2) is 0 Å². The van der Waals surface area contributed by atoms with E-state index in [0.717, 1.165) is 5.75 Å². The Morgan fingerprint density at radius 3 is 2.67 bits per heavy atom. The van der Waals surface area contributed by atoms with Gasteiger partial charge in [0.2, 0.25) is 5.91 Å². The molecule has 3 nitrogen and oxygen atoms in total. The number of rotatable bonds is 2. The standard InChI is InChI=1S/C8H15NO2S/c1-7(2,11)4-8(3)5-12-9-6(8)10/h11H,4-5H2,1-3H3,(H,9,10). The molecule has 1 unspecified atom stereocenters. The average molecular weight is 189 g/mol. The van der Waals surface area contributed by atoms with Gasteiger partial charge in [-0.3, -0.25) is 9.52 Å². The molecule has 0 aromatic rings. The highest BCUT2D eigenvalue weighted by atomic mass is 32.2. The maximum atomic E-state index is 11.3. The van der Waals surface area contributed by atoms with Gasteiger partial charge in [0, 0.05) is 5.75 Å². The number of aliphatic hydroxyl groups is 1. The largest absolute Gasteiger partial charge is 0.390 e. The molecule has 1 saturated heterocycles. The van der Waals surface area contributed by atoms with Crippen LogP contribution in [0.15, 0.2) is 0 Å². The van der Waals surface area contributed by atoms with E-state index in [2.05, 4.69) is 4.72 Å². The molecule has 0 radical (unpaired) electrons. The van der Waals surface area contributed by atoms with Crippen molar-refractivity contribution in [3.63, 3.8) is 0 Å². The van der Waals surface area contributed by atoms with Crippen molar-refractivity contribution in [1.29, 1.82) is 0 Å². The molecule has 0 aromatic carbocycles. The fourth-order valence-electron chi connectivity index (χ4n) is 1.54. The molecule has 1 amide bonds. The van der Waals surface area contributed by atoms with Gasteiger partial charge < -0.3 is 5.11 Å². The van der Waals surface area contributed by atoms with Gasteiger partial charge >= 0.3 is 0 Å². The van der Waals surface area contributed by atoms with E-state index in [0.29, 0.717) is 6.42 Å². The monoisotopic (exact) mass is 189 g/mol. The van der Waals surface area contributed by atoms with Crippen LogP contribution in [-0.2, 0) is 4.79 Å². The second kappa shape index (κ2) is 2.92. The maximum Gasteiger partial charge on any atom is 0.236 e. The van der Waals surface area contributed by atoms with Gasteiger partial charge in [0.1, 0.15) is 0 Å². The summed E-state index contributed by atoms with van der Waals surface area (Å²) < 4.78 is 2.70. The smallest absolute Gasteiger partial charge is 0.236 e. The van der Waals surface area contributed by atoms with E-state index in [-0.39, 0.29) is 5.91 Å². The van der Waals surface area contributed by atoms with Crippen LogP contribution in [0.4, 0.5) is 0 Å². The zero-order valence-corrected chi connectivity index (χ0v) is 8.49. The summed E-state index contributed by atoms with van der Waals surface area (Å²) in [5.41, 5.74) is -1.17. The minimum Gasteiger partial charge on any atom is -0.390 e. The number of carbonyl (C=O) groups is 1. The third kappa shape index (κ3) is 2.14. The first-order valence-electron chi connectivity index (χ1n) is 3.98. The van der Waals surface area contributed by atoms with Crippen molar-refractivity contribution in [2.75, 3.05) is 5.75 Å². The SMILES string of the molecule is CC(C)(O)CC1(C)CSNC1=O. The van der Waals surface area contributed by atoms with Gasteiger partial charge in [0.15, 0.2) is 0 Å².